The molecule has 0 bridgehead atoms. The zero-order valence-corrected chi connectivity index (χ0v) is 13.6. The molecule has 2 rings (SSSR count). The van der Waals surface area contributed by atoms with Gasteiger partial charge in [-0.2, -0.15) is 0 Å². The second-order valence-corrected chi connectivity index (χ2v) is 5.92. The van der Waals surface area contributed by atoms with Gasteiger partial charge in [-0.3, -0.25) is 14.9 Å². The zero-order valence-electron chi connectivity index (χ0n) is 10.6. The molecule has 1 aromatic heterocycles. The molecule has 11 heteroatoms. The van der Waals surface area contributed by atoms with Gasteiger partial charge in [0.05, 0.1) is 16.9 Å². The Morgan fingerprint density at radius 3 is 3.00 bits per heavy atom. The standard InChI is InChI=1S/C10H8IN5O4S/c1-20-9(17)5-15-10(12-13-14-15)21-8-3-2-6(11)4-7(8)16(18)19/h2-4H,5H2,1H3. The van der Waals surface area contributed by atoms with Crippen molar-refractivity contribution in [2.24, 2.45) is 0 Å². The number of carbonyl (C=O) groups is 1. The van der Waals surface area contributed by atoms with Crippen LogP contribution in [0, 0.1) is 13.7 Å². The summed E-state index contributed by atoms with van der Waals surface area (Å²) in [5, 5.41) is 22.2. The molecule has 1 heterocycles. The molecule has 0 fully saturated rings. The fourth-order valence-corrected chi connectivity index (χ4v) is 2.70. The third-order valence-electron chi connectivity index (χ3n) is 2.32. The number of rotatable bonds is 5. The van der Waals surface area contributed by atoms with E-state index in [1.54, 1.807) is 12.1 Å². The van der Waals surface area contributed by atoms with E-state index in [-0.39, 0.29) is 17.4 Å². The lowest BCUT2D eigenvalue weighted by molar-refractivity contribution is -0.387. The number of aromatic nitrogens is 4. The average Bonchev–Trinajstić information content (AvgIpc) is 2.87. The summed E-state index contributed by atoms with van der Waals surface area (Å²) in [6, 6.07) is 4.81. The minimum absolute atomic E-state index is 0.0421. The summed E-state index contributed by atoms with van der Waals surface area (Å²) in [5.74, 6) is -0.513. The van der Waals surface area contributed by atoms with Crippen molar-refractivity contribution in [2.75, 3.05) is 7.11 Å². The number of benzene rings is 1. The van der Waals surface area contributed by atoms with E-state index in [4.69, 9.17) is 0 Å². The van der Waals surface area contributed by atoms with E-state index >= 15 is 0 Å². The van der Waals surface area contributed by atoms with Crippen LogP contribution in [-0.2, 0) is 16.1 Å². The number of hydrogen-bond donors (Lipinski definition) is 0. The van der Waals surface area contributed by atoms with Crippen LogP contribution in [0.5, 0.6) is 0 Å². The number of tetrazole rings is 1. The molecule has 0 radical (unpaired) electrons. The van der Waals surface area contributed by atoms with Crippen molar-refractivity contribution in [3.63, 3.8) is 0 Å². The predicted molar refractivity (Wildman–Crippen MR) is 79.8 cm³/mol. The molecule has 0 saturated heterocycles. The van der Waals surface area contributed by atoms with Crippen molar-refractivity contribution in [3.8, 4) is 0 Å². The molecule has 0 unspecified atom stereocenters. The Morgan fingerprint density at radius 2 is 2.33 bits per heavy atom. The van der Waals surface area contributed by atoms with E-state index in [1.807, 2.05) is 22.6 Å². The van der Waals surface area contributed by atoms with Gasteiger partial charge < -0.3 is 4.74 Å². The molecule has 110 valence electrons. The molecule has 0 aliphatic heterocycles. The molecular weight excluding hydrogens is 413 g/mol. The Bertz CT molecular complexity index is 692. The smallest absolute Gasteiger partial charge is 0.327 e. The maximum absolute atomic E-state index is 11.2. The fourth-order valence-electron chi connectivity index (χ4n) is 1.37. The summed E-state index contributed by atoms with van der Waals surface area (Å²) in [4.78, 5) is 22.2. The number of nitrogens with zero attached hydrogens (tertiary/aromatic N) is 5. The number of methoxy groups -OCH3 is 1. The number of esters is 1. The van der Waals surface area contributed by atoms with E-state index in [9.17, 15) is 14.9 Å². The van der Waals surface area contributed by atoms with E-state index in [1.165, 1.54) is 17.9 Å². The van der Waals surface area contributed by atoms with E-state index in [0.29, 0.717) is 4.90 Å². The van der Waals surface area contributed by atoms with Crippen molar-refractivity contribution in [3.05, 3.63) is 31.9 Å². The fraction of sp³-hybridized carbons (Fsp3) is 0.200. The molecule has 0 atom stereocenters. The van der Waals surface area contributed by atoms with Crippen LogP contribution in [0.1, 0.15) is 0 Å². The summed E-state index contributed by atoms with van der Waals surface area (Å²) in [7, 11) is 1.25. The van der Waals surface area contributed by atoms with E-state index in [2.05, 4.69) is 20.3 Å². The van der Waals surface area contributed by atoms with Gasteiger partial charge in [0.1, 0.15) is 6.54 Å². The maximum Gasteiger partial charge on any atom is 0.327 e. The molecule has 9 nitrogen and oxygen atoms in total. The highest BCUT2D eigenvalue weighted by Crippen LogP contribution is 2.34. The summed E-state index contributed by atoms with van der Waals surface area (Å²) >= 11 is 3.00. The Kier molecular flexibility index (Phi) is 5.06. The van der Waals surface area contributed by atoms with Crippen LogP contribution in [0.15, 0.2) is 28.3 Å². The SMILES string of the molecule is COC(=O)Cn1nnnc1Sc1ccc(I)cc1[N+](=O)[O-]. The minimum atomic E-state index is -0.513. The normalized spacial score (nSPS) is 10.4. The molecule has 0 aliphatic rings. The summed E-state index contributed by atoms with van der Waals surface area (Å²) in [6.07, 6.45) is 0. The first-order valence-electron chi connectivity index (χ1n) is 5.46. The van der Waals surface area contributed by atoms with Crippen LogP contribution in [0.3, 0.4) is 0 Å². The highest BCUT2D eigenvalue weighted by molar-refractivity contribution is 14.1. The van der Waals surface area contributed by atoms with Crippen molar-refractivity contribution in [1.29, 1.82) is 0 Å². The van der Waals surface area contributed by atoms with Crippen molar-refractivity contribution >= 4 is 46.0 Å². The largest absolute Gasteiger partial charge is 0.468 e. The molecule has 0 amide bonds. The maximum atomic E-state index is 11.2. The molecule has 1 aromatic carbocycles. The lowest BCUT2D eigenvalue weighted by Crippen LogP contribution is -2.13. The predicted octanol–water partition coefficient (Wildman–Crippen LogP) is 1.51. The second-order valence-electron chi connectivity index (χ2n) is 3.67. The summed E-state index contributed by atoms with van der Waals surface area (Å²) < 4.78 is 6.50. The highest BCUT2D eigenvalue weighted by Gasteiger charge is 2.19. The van der Waals surface area contributed by atoms with Gasteiger partial charge in [-0.15, -0.1) is 5.10 Å². The number of ether oxygens (including phenoxy) is 1. The van der Waals surface area contributed by atoms with E-state index < -0.39 is 10.9 Å². The van der Waals surface area contributed by atoms with Crippen LogP contribution in [0.2, 0.25) is 0 Å². The Hall–Kier alpha value is -1.76. The third-order valence-corrected chi connectivity index (χ3v) is 4.04. The van der Waals surface area contributed by atoms with Gasteiger partial charge in [0, 0.05) is 9.64 Å². The second kappa shape index (κ2) is 6.80. The van der Waals surface area contributed by atoms with Gasteiger partial charge in [-0.25, -0.2) is 4.68 Å². The third kappa shape index (κ3) is 3.87. The number of nitro groups is 1. The van der Waals surface area contributed by atoms with Gasteiger partial charge in [0.2, 0.25) is 5.16 Å². The molecular formula is C10H8IN5O4S. The first-order valence-corrected chi connectivity index (χ1v) is 7.35. The Balaban J connectivity index is 2.29. The molecule has 2 aromatic rings. The average molecular weight is 421 g/mol. The van der Waals surface area contributed by atoms with Crippen molar-refractivity contribution in [1.82, 2.24) is 20.2 Å². The molecule has 0 saturated carbocycles. The van der Waals surface area contributed by atoms with Gasteiger partial charge in [-0.1, -0.05) is 0 Å². The minimum Gasteiger partial charge on any atom is -0.468 e. The summed E-state index contributed by atoms with van der Waals surface area (Å²) in [5.41, 5.74) is -0.0421. The lowest BCUT2D eigenvalue weighted by atomic mass is 10.3. The molecule has 0 spiro atoms. The van der Waals surface area contributed by atoms with Crippen molar-refractivity contribution < 1.29 is 14.5 Å². The number of halogens is 1. The van der Waals surface area contributed by atoms with Gasteiger partial charge in [0.15, 0.2) is 0 Å². The van der Waals surface area contributed by atoms with Crippen LogP contribution >= 0.6 is 34.4 Å². The molecule has 0 aliphatic carbocycles. The van der Waals surface area contributed by atoms with Crippen LogP contribution < -0.4 is 0 Å². The zero-order chi connectivity index (χ0) is 15.4. The first-order chi connectivity index (χ1) is 10.0. The van der Waals surface area contributed by atoms with Crippen molar-refractivity contribution in [2.45, 2.75) is 16.6 Å². The monoisotopic (exact) mass is 421 g/mol. The number of carbonyl (C=O) groups excluding carboxylic acids is 1. The molecule has 0 N–H and O–H groups in total. The Labute approximate surface area is 136 Å². The number of hydrogen-bond acceptors (Lipinski definition) is 8. The van der Waals surface area contributed by atoms with Crippen LogP contribution in [0.4, 0.5) is 5.69 Å². The lowest BCUT2D eigenvalue weighted by Gasteiger charge is -2.04. The summed E-state index contributed by atoms with van der Waals surface area (Å²) in [6.45, 7) is -0.163. The number of nitro benzene ring substituents is 1. The van der Waals surface area contributed by atoms with Gasteiger partial charge in [0.25, 0.3) is 5.69 Å². The van der Waals surface area contributed by atoms with Gasteiger partial charge >= 0.3 is 5.97 Å². The van der Waals surface area contributed by atoms with E-state index in [0.717, 1.165) is 15.3 Å². The quantitative estimate of drug-likeness (QED) is 0.309. The van der Waals surface area contributed by atoms with Gasteiger partial charge in [-0.05, 0) is 56.9 Å². The highest BCUT2D eigenvalue weighted by atomic mass is 127. The Morgan fingerprint density at radius 1 is 1.57 bits per heavy atom. The molecule has 21 heavy (non-hydrogen) atoms. The topological polar surface area (TPSA) is 113 Å². The van der Waals surface area contributed by atoms with Crippen LogP contribution in [-0.4, -0.2) is 38.2 Å². The van der Waals surface area contributed by atoms with Crippen LogP contribution in [0.25, 0.3) is 0 Å². The first kappa shape index (κ1) is 15.6.